The Morgan fingerprint density at radius 2 is 2.25 bits per heavy atom. The van der Waals surface area contributed by atoms with Crippen molar-refractivity contribution in [2.45, 2.75) is 12.5 Å². The van der Waals surface area contributed by atoms with E-state index < -0.39 is 22.2 Å². The minimum atomic E-state index is -3.84. The van der Waals surface area contributed by atoms with Crippen LogP contribution in [0.15, 0.2) is 12.5 Å². The summed E-state index contributed by atoms with van der Waals surface area (Å²) in [6.07, 6.45) is 2.86. The molecule has 20 heavy (non-hydrogen) atoms. The molecule has 0 aromatic carbocycles. The van der Waals surface area contributed by atoms with E-state index in [4.69, 9.17) is 9.84 Å². The van der Waals surface area contributed by atoms with E-state index in [1.54, 1.807) is 0 Å². The van der Waals surface area contributed by atoms with Crippen molar-refractivity contribution in [2.24, 2.45) is 0 Å². The second kappa shape index (κ2) is 6.31. The van der Waals surface area contributed by atoms with Gasteiger partial charge in [0.15, 0.2) is 0 Å². The molecule has 3 N–H and O–H groups in total. The van der Waals surface area contributed by atoms with Crippen LogP contribution in [-0.2, 0) is 26.2 Å². The molecule has 0 spiro atoms. The molecule has 0 bridgehead atoms. The molecule has 2 heterocycles. The SMILES string of the molecule is O=C(O)[C@@H](Cc1cnc[nH]1)NS(=O)(=O)N1CCOCC1. The number of ether oxygens (including phenoxy) is 1. The van der Waals surface area contributed by atoms with Crippen LogP contribution in [0.5, 0.6) is 0 Å². The minimum absolute atomic E-state index is 0.00109. The smallest absolute Gasteiger partial charge is 0.322 e. The summed E-state index contributed by atoms with van der Waals surface area (Å²) < 4.78 is 32.6. The zero-order valence-corrected chi connectivity index (χ0v) is 11.5. The summed E-state index contributed by atoms with van der Waals surface area (Å²) in [5.41, 5.74) is 0.544. The first-order chi connectivity index (χ1) is 9.49. The summed E-state index contributed by atoms with van der Waals surface area (Å²) in [6.45, 7) is 1.04. The second-order valence-electron chi connectivity index (χ2n) is 4.31. The number of aromatic amines is 1. The van der Waals surface area contributed by atoms with E-state index in [9.17, 15) is 13.2 Å². The lowest BCUT2D eigenvalue weighted by molar-refractivity contribution is -0.139. The number of nitrogens with zero attached hydrogens (tertiary/aromatic N) is 2. The first-order valence-electron chi connectivity index (χ1n) is 6.04. The highest BCUT2D eigenvalue weighted by atomic mass is 32.2. The van der Waals surface area contributed by atoms with Crippen molar-refractivity contribution in [3.8, 4) is 0 Å². The summed E-state index contributed by atoms with van der Waals surface area (Å²) >= 11 is 0. The van der Waals surface area contributed by atoms with Crippen molar-refractivity contribution in [2.75, 3.05) is 26.3 Å². The fourth-order valence-electron chi connectivity index (χ4n) is 1.84. The molecule has 1 aliphatic rings. The van der Waals surface area contributed by atoms with Crippen LogP contribution in [0.2, 0.25) is 0 Å². The number of imidazole rings is 1. The van der Waals surface area contributed by atoms with Gasteiger partial charge in [-0.15, -0.1) is 0 Å². The van der Waals surface area contributed by atoms with Crippen LogP contribution in [-0.4, -0.2) is 66.1 Å². The van der Waals surface area contributed by atoms with E-state index >= 15 is 0 Å². The van der Waals surface area contributed by atoms with Crippen LogP contribution in [0.25, 0.3) is 0 Å². The zero-order chi connectivity index (χ0) is 14.6. The molecule has 0 amide bonds. The van der Waals surface area contributed by atoms with Gasteiger partial charge in [-0.25, -0.2) is 4.98 Å². The van der Waals surface area contributed by atoms with E-state index in [1.165, 1.54) is 16.8 Å². The van der Waals surface area contributed by atoms with Gasteiger partial charge in [0.2, 0.25) is 0 Å². The fourth-order valence-corrected chi connectivity index (χ4v) is 3.16. The first-order valence-corrected chi connectivity index (χ1v) is 7.48. The van der Waals surface area contributed by atoms with E-state index in [2.05, 4.69) is 14.7 Å². The molecule has 9 nitrogen and oxygen atoms in total. The highest BCUT2D eigenvalue weighted by Gasteiger charge is 2.30. The third kappa shape index (κ3) is 3.76. The van der Waals surface area contributed by atoms with E-state index in [0.717, 1.165) is 0 Å². The largest absolute Gasteiger partial charge is 0.480 e. The van der Waals surface area contributed by atoms with Gasteiger partial charge in [-0.1, -0.05) is 0 Å². The van der Waals surface area contributed by atoms with Gasteiger partial charge in [0.05, 0.1) is 19.5 Å². The molecular formula is C10H16N4O5S. The normalized spacial score (nSPS) is 18.8. The van der Waals surface area contributed by atoms with Gasteiger partial charge >= 0.3 is 5.97 Å². The summed E-state index contributed by atoms with van der Waals surface area (Å²) in [4.78, 5) is 17.7. The summed E-state index contributed by atoms with van der Waals surface area (Å²) in [7, 11) is -3.84. The van der Waals surface area contributed by atoms with E-state index in [0.29, 0.717) is 18.9 Å². The molecule has 1 fully saturated rings. The Kier molecular flexibility index (Phi) is 4.70. The van der Waals surface area contributed by atoms with E-state index in [-0.39, 0.29) is 19.5 Å². The van der Waals surface area contributed by atoms with Gasteiger partial charge < -0.3 is 14.8 Å². The van der Waals surface area contributed by atoms with Gasteiger partial charge in [0.1, 0.15) is 6.04 Å². The Bertz CT molecular complexity index is 538. The monoisotopic (exact) mass is 304 g/mol. The predicted octanol–water partition coefficient (Wildman–Crippen LogP) is -1.43. The van der Waals surface area contributed by atoms with Crippen molar-refractivity contribution in [1.29, 1.82) is 0 Å². The van der Waals surface area contributed by atoms with Crippen LogP contribution in [0, 0.1) is 0 Å². The topological polar surface area (TPSA) is 125 Å². The number of hydrogen-bond acceptors (Lipinski definition) is 5. The standard InChI is InChI=1S/C10H16N4O5S/c15-10(16)9(5-8-6-11-7-12-8)13-20(17,18)14-1-3-19-4-2-14/h6-7,9,13H,1-5H2,(H,11,12)(H,15,16)/t9-/m1/s1. The minimum Gasteiger partial charge on any atom is -0.480 e. The molecule has 1 aromatic rings. The molecule has 1 atom stereocenters. The van der Waals surface area contributed by atoms with Crippen LogP contribution in [0.1, 0.15) is 5.69 Å². The molecule has 2 rings (SSSR count). The number of aromatic nitrogens is 2. The molecule has 0 radical (unpaired) electrons. The Balaban J connectivity index is 2.05. The van der Waals surface area contributed by atoms with Crippen LogP contribution < -0.4 is 4.72 Å². The molecule has 10 heteroatoms. The van der Waals surface area contributed by atoms with Crippen molar-refractivity contribution >= 4 is 16.2 Å². The summed E-state index contributed by atoms with van der Waals surface area (Å²) in [5.74, 6) is -1.24. The fraction of sp³-hybridized carbons (Fsp3) is 0.600. The number of carboxylic acids is 1. The average molecular weight is 304 g/mol. The number of hydrogen-bond donors (Lipinski definition) is 3. The molecule has 112 valence electrons. The first kappa shape index (κ1) is 14.9. The predicted molar refractivity (Wildman–Crippen MR) is 68.2 cm³/mol. The maximum atomic E-state index is 12.1. The number of H-pyrrole nitrogens is 1. The quantitative estimate of drug-likeness (QED) is 0.592. The highest BCUT2D eigenvalue weighted by Crippen LogP contribution is 2.06. The van der Waals surface area contributed by atoms with Gasteiger partial charge in [-0.3, -0.25) is 4.79 Å². The summed E-state index contributed by atoms with van der Waals surface area (Å²) in [5, 5.41) is 9.13. The van der Waals surface area contributed by atoms with Gasteiger partial charge in [0, 0.05) is 31.4 Å². The second-order valence-corrected chi connectivity index (χ2v) is 6.01. The number of carboxylic acid groups (broad SMARTS) is 1. The molecule has 1 aliphatic heterocycles. The van der Waals surface area contributed by atoms with Crippen molar-refractivity contribution in [3.05, 3.63) is 18.2 Å². The van der Waals surface area contributed by atoms with Crippen LogP contribution in [0.4, 0.5) is 0 Å². The number of morpholine rings is 1. The highest BCUT2D eigenvalue weighted by molar-refractivity contribution is 7.87. The van der Waals surface area contributed by atoms with Crippen molar-refractivity contribution < 1.29 is 23.1 Å². The van der Waals surface area contributed by atoms with E-state index in [1.807, 2.05) is 0 Å². The van der Waals surface area contributed by atoms with Crippen LogP contribution >= 0.6 is 0 Å². The number of aliphatic carboxylic acids is 1. The average Bonchev–Trinajstić information content (AvgIpc) is 2.91. The van der Waals surface area contributed by atoms with Gasteiger partial charge in [-0.05, 0) is 0 Å². The molecule has 0 saturated carbocycles. The Labute approximate surface area is 116 Å². The zero-order valence-electron chi connectivity index (χ0n) is 10.7. The maximum absolute atomic E-state index is 12.1. The number of nitrogens with one attached hydrogen (secondary N) is 2. The Hall–Kier alpha value is -1.49. The third-order valence-electron chi connectivity index (χ3n) is 2.88. The van der Waals surface area contributed by atoms with Crippen LogP contribution in [0.3, 0.4) is 0 Å². The molecule has 1 saturated heterocycles. The lowest BCUT2D eigenvalue weighted by Gasteiger charge is -2.27. The Morgan fingerprint density at radius 3 is 2.80 bits per heavy atom. The molecular weight excluding hydrogens is 288 g/mol. The summed E-state index contributed by atoms with van der Waals surface area (Å²) in [6, 6.07) is -1.25. The lowest BCUT2D eigenvalue weighted by Crippen LogP contribution is -2.52. The molecule has 0 unspecified atom stereocenters. The maximum Gasteiger partial charge on any atom is 0.322 e. The van der Waals surface area contributed by atoms with Crippen molar-refractivity contribution in [1.82, 2.24) is 19.0 Å². The lowest BCUT2D eigenvalue weighted by atomic mass is 10.2. The Morgan fingerprint density at radius 1 is 1.55 bits per heavy atom. The molecule has 1 aromatic heterocycles. The number of rotatable bonds is 6. The molecule has 0 aliphatic carbocycles. The van der Waals surface area contributed by atoms with Gasteiger partial charge in [-0.2, -0.15) is 17.4 Å². The number of carbonyl (C=O) groups is 1. The van der Waals surface area contributed by atoms with Crippen molar-refractivity contribution in [3.63, 3.8) is 0 Å². The van der Waals surface area contributed by atoms with Gasteiger partial charge in [0.25, 0.3) is 10.2 Å². The third-order valence-corrected chi connectivity index (χ3v) is 4.51.